The van der Waals surface area contributed by atoms with E-state index in [1.165, 1.54) is 0 Å². The van der Waals surface area contributed by atoms with Crippen molar-refractivity contribution in [2.45, 2.75) is 56.7 Å². The van der Waals surface area contributed by atoms with Gasteiger partial charge in [0.05, 0.1) is 25.2 Å². The zero-order valence-corrected chi connectivity index (χ0v) is 12.7. The van der Waals surface area contributed by atoms with Crippen molar-refractivity contribution in [3.05, 3.63) is 0 Å². The highest BCUT2D eigenvalue weighted by Gasteiger charge is 2.59. The van der Waals surface area contributed by atoms with Gasteiger partial charge in [-0.2, -0.15) is 0 Å². The smallest absolute Gasteiger partial charge is 0.309 e. The van der Waals surface area contributed by atoms with Gasteiger partial charge in [0.2, 0.25) is 0 Å². The van der Waals surface area contributed by atoms with Crippen molar-refractivity contribution in [3.8, 4) is 0 Å². The number of rotatable bonds is 3. The second kappa shape index (κ2) is 5.74. The molecule has 0 aromatic rings. The molecule has 5 atom stereocenters. The van der Waals surface area contributed by atoms with Crippen molar-refractivity contribution in [1.82, 2.24) is 0 Å². The van der Waals surface area contributed by atoms with E-state index < -0.39 is 17.7 Å². The van der Waals surface area contributed by atoms with Crippen LogP contribution >= 0.6 is 0 Å². The standard InChI is InChI=1S/C16H24O6/c17-15(18)14-11-9-16(20-5-6-21-16)8-10(11)7-12(14)22-13-3-1-2-4-19-13/h10-14H,1-9H2,(H,17,18)/t10-,11+,12-,13?,14-/m1/s1. The topological polar surface area (TPSA) is 74.2 Å². The molecule has 0 radical (unpaired) electrons. The number of aliphatic carboxylic acids is 1. The molecule has 22 heavy (non-hydrogen) atoms. The van der Waals surface area contributed by atoms with Crippen LogP contribution in [0.25, 0.3) is 0 Å². The molecule has 4 aliphatic rings. The summed E-state index contributed by atoms with van der Waals surface area (Å²) in [6, 6.07) is 0. The van der Waals surface area contributed by atoms with Gasteiger partial charge in [0.15, 0.2) is 12.1 Å². The van der Waals surface area contributed by atoms with Crippen molar-refractivity contribution in [3.63, 3.8) is 0 Å². The maximum atomic E-state index is 11.8. The Hall–Kier alpha value is -0.690. The molecule has 0 aromatic heterocycles. The van der Waals surface area contributed by atoms with Crippen LogP contribution in [0, 0.1) is 17.8 Å². The molecule has 4 rings (SSSR count). The van der Waals surface area contributed by atoms with E-state index in [2.05, 4.69) is 0 Å². The zero-order valence-electron chi connectivity index (χ0n) is 12.7. The minimum Gasteiger partial charge on any atom is -0.481 e. The Bertz CT molecular complexity index is 426. The first-order valence-corrected chi connectivity index (χ1v) is 8.45. The van der Waals surface area contributed by atoms with E-state index in [-0.39, 0.29) is 18.3 Å². The monoisotopic (exact) mass is 312 g/mol. The Morgan fingerprint density at radius 2 is 1.95 bits per heavy atom. The van der Waals surface area contributed by atoms with Gasteiger partial charge in [-0.15, -0.1) is 0 Å². The van der Waals surface area contributed by atoms with Crippen LogP contribution in [-0.2, 0) is 23.7 Å². The van der Waals surface area contributed by atoms with Gasteiger partial charge in [-0.3, -0.25) is 4.79 Å². The van der Waals surface area contributed by atoms with Crippen LogP contribution in [0.3, 0.4) is 0 Å². The van der Waals surface area contributed by atoms with E-state index in [0.29, 0.717) is 32.2 Å². The van der Waals surface area contributed by atoms with E-state index in [9.17, 15) is 9.90 Å². The molecule has 2 heterocycles. The maximum Gasteiger partial charge on any atom is 0.309 e. The molecule has 0 amide bonds. The Kier molecular flexibility index (Phi) is 3.88. The van der Waals surface area contributed by atoms with Gasteiger partial charge in [-0.1, -0.05) is 0 Å². The third kappa shape index (κ3) is 2.56. The molecule has 1 spiro atoms. The fourth-order valence-electron chi connectivity index (χ4n) is 4.79. The van der Waals surface area contributed by atoms with Crippen molar-refractivity contribution >= 4 is 5.97 Å². The van der Waals surface area contributed by atoms with E-state index >= 15 is 0 Å². The summed E-state index contributed by atoms with van der Waals surface area (Å²) in [7, 11) is 0. The van der Waals surface area contributed by atoms with Gasteiger partial charge in [-0.05, 0) is 37.5 Å². The molecular formula is C16H24O6. The molecule has 0 aromatic carbocycles. The van der Waals surface area contributed by atoms with Crippen LogP contribution in [-0.4, -0.2) is 49.1 Å². The first-order valence-electron chi connectivity index (χ1n) is 8.45. The van der Waals surface area contributed by atoms with Crippen LogP contribution in [0.4, 0.5) is 0 Å². The summed E-state index contributed by atoms with van der Waals surface area (Å²) in [5, 5.41) is 9.69. The molecule has 124 valence electrons. The summed E-state index contributed by atoms with van der Waals surface area (Å²) < 4.78 is 23.2. The van der Waals surface area contributed by atoms with Gasteiger partial charge in [0.25, 0.3) is 0 Å². The molecule has 1 N–H and O–H groups in total. The summed E-state index contributed by atoms with van der Waals surface area (Å²) in [5.41, 5.74) is 0. The highest BCUT2D eigenvalue weighted by molar-refractivity contribution is 5.72. The third-order valence-electron chi connectivity index (χ3n) is 5.69. The lowest BCUT2D eigenvalue weighted by Crippen LogP contribution is -2.37. The lowest BCUT2D eigenvalue weighted by Gasteiger charge is -2.30. The fraction of sp³-hybridized carbons (Fsp3) is 0.938. The number of hydrogen-bond donors (Lipinski definition) is 1. The quantitative estimate of drug-likeness (QED) is 0.856. The van der Waals surface area contributed by atoms with Gasteiger partial charge in [0.1, 0.15) is 0 Å². The summed E-state index contributed by atoms with van der Waals surface area (Å²) >= 11 is 0. The van der Waals surface area contributed by atoms with Gasteiger partial charge in [0, 0.05) is 19.4 Å². The van der Waals surface area contributed by atoms with Crippen LogP contribution < -0.4 is 0 Å². The zero-order chi connectivity index (χ0) is 15.2. The average Bonchev–Trinajstić information content (AvgIpc) is 3.15. The summed E-state index contributed by atoms with van der Waals surface area (Å²) in [6.07, 6.45) is 4.81. The van der Waals surface area contributed by atoms with Crippen LogP contribution in [0.15, 0.2) is 0 Å². The largest absolute Gasteiger partial charge is 0.481 e. The molecule has 6 heteroatoms. The Morgan fingerprint density at radius 3 is 2.64 bits per heavy atom. The first-order chi connectivity index (χ1) is 10.7. The minimum atomic E-state index is -0.761. The van der Waals surface area contributed by atoms with E-state index in [0.717, 1.165) is 32.1 Å². The Morgan fingerprint density at radius 1 is 1.14 bits per heavy atom. The van der Waals surface area contributed by atoms with Crippen molar-refractivity contribution < 1.29 is 28.8 Å². The number of carboxylic acid groups (broad SMARTS) is 1. The molecule has 0 bridgehead atoms. The highest BCUT2D eigenvalue weighted by atomic mass is 16.7. The second-order valence-corrected chi connectivity index (χ2v) is 7.01. The molecule has 2 aliphatic carbocycles. The predicted octanol–water partition coefficient (Wildman–Crippen LogP) is 1.77. The summed E-state index contributed by atoms with van der Waals surface area (Å²) in [5.74, 6) is -1.35. The van der Waals surface area contributed by atoms with Crippen LogP contribution in [0.1, 0.15) is 38.5 Å². The lowest BCUT2D eigenvalue weighted by atomic mass is 9.91. The molecule has 2 aliphatic heterocycles. The van der Waals surface area contributed by atoms with Gasteiger partial charge in [-0.25, -0.2) is 0 Å². The number of fused-ring (bicyclic) bond motifs is 1. The molecule has 2 saturated heterocycles. The fourth-order valence-corrected chi connectivity index (χ4v) is 4.79. The van der Waals surface area contributed by atoms with E-state index in [1.54, 1.807) is 0 Å². The normalized spacial score (nSPS) is 43.5. The Balaban J connectivity index is 1.45. The maximum absolute atomic E-state index is 11.8. The molecule has 6 nitrogen and oxygen atoms in total. The SMILES string of the molecule is O=C(O)[C@@H]1[C@H]2CC3(C[C@H]2C[C@H]1OC1CCCCO1)OCCO3. The molecule has 1 unspecified atom stereocenters. The first kappa shape index (κ1) is 14.9. The molecular weight excluding hydrogens is 288 g/mol. The van der Waals surface area contributed by atoms with Gasteiger partial charge >= 0.3 is 5.97 Å². The average molecular weight is 312 g/mol. The van der Waals surface area contributed by atoms with E-state index in [4.69, 9.17) is 18.9 Å². The minimum absolute atomic E-state index is 0.0872. The van der Waals surface area contributed by atoms with Crippen molar-refractivity contribution in [2.75, 3.05) is 19.8 Å². The molecule has 2 saturated carbocycles. The Labute approximate surface area is 130 Å². The van der Waals surface area contributed by atoms with Crippen LogP contribution in [0.2, 0.25) is 0 Å². The van der Waals surface area contributed by atoms with Crippen molar-refractivity contribution in [2.24, 2.45) is 17.8 Å². The predicted molar refractivity (Wildman–Crippen MR) is 75.1 cm³/mol. The van der Waals surface area contributed by atoms with Crippen molar-refractivity contribution in [1.29, 1.82) is 0 Å². The summed E-state index contributed by atoms with van der Waals surface area (Å²) in [6.45, 7) is 1.95. The number of ether oxygens (including phenoxy) is 4. The number of carboxylic acids is 1. The lowest BCUT2D eigenvalue weighted by molar-refractivity contribution is -0.204. The highest BCUT2D eigenvalue weighted by Crippen LogP contribution is 2.55. The summed E-state index contributed by atoms with van der Waals surface area (Å²) in [4.78, 5) is 11.8. The number of carbonyl (C=O) groups is 1. The third-order valence-corrected chi connectivity index (χ3v) is 5.69. The van der Waals surface area contributed by atoms with Crippen LogP contribution in [0.5, 0.6) is 0 Å². The van der Waals surface area contributed by atoms with Gasteiger partial charge < -0.3 is 24.1 Å². The van der Waals surface area contributed by atoms with E-state index in [1.807, 2.05) is 0 Å². The second-order valence-electron chi connectivity index (χ2n) is 7.01. The molecule has 4 fully saturated rings. The number of hydrogen-bond acceptors (Lipinski definition) is 5.